The topological polar surface area (TPSA) is 59.2 Å². The summed E-state index contributed by atoms with van der Waals surface area (Å²) in [6, 6.07) is 9.49. The van der Waals surface area contributed by atoms with Crippen LogP contribution in [0.5, 0.6) is 0 Å². The van der Waals surface area contributed by atoms with E-state index in [1.165, 1.54) is 0 Å². The van der Waals surface area contributed by atoms with Gasteiger partial charge >= 0.3 is 0 Å². The molecule has 4 nitrogen and oxygen atoms in total. The molecule has 1 N–H and O–H groups in total. The van der Waals surface area contributed by atoms with Crippen LogP contribution in [0.2, 0.25) is 0 Å². The minimum absolute atomic E-state index is 0.356. The molecule has 1 aromatic heterocycles. The van der Waals surface area contributed by atoms with Crippen molar-refractivity contribution in [2.75, 3.05) is 0 Å². The van der Waals surface area contributed by atoms with Crippen molar-refractivity contribution >= 4 is 0 Å². The highest BCUT2D eigenvalue weighted by Gasteiger charge is 2.14. The van der Waals surface area contributed by atoms with Gasteiger partial charge in [0, 0.05) is 6.42 Å². The van der Waals surface area contributed by atoms with Crippen molar-refractivity contribution in [3.63, 3.8) is 0 Å². The Morgan fingerprint density at radius 1 is 1.17 bits per heavy atom. The summed E-state index contributed by atoms with van der Waals surface area (Å²) in [5, 5.41) is 13.9. The average Bonchev–Trinajstić information content (AvgIpc) is 2.76. The Hall–Kier alpha value is -1.68. The van der Waals surface area contributed by atoms with E-state index in [0.29, 0.717) is 24.1 Å². The molecule has 1 unspecified atom stereocenters. The van der Waals surface area contributed by atoms with Crippen molar-refractivity contribution < 1.29 is 9.63 Å². The minimum Gasteiger partial charge on any atom is -0.388 e. The molecule has 1 aromatic carbocycles. The molecule has 2 aromatic rings. The third kappa shape index (κ3) is 3.40. The number of nitrogens with zero attached hydrogens (tertiary/aromatic N) is 2. The lowest BCUT2D eigenvalue weighted by molar-refractivity contribution is 0.164. The highest BCUT2D eigenvalue weighted by atomic mass is 16.5. The molecule has 96 valence electrons. The number of aliphatic hydroxyl groups excluding tert-OH is 1. The van der Waals surface area contributed by atoms with Crippen LogP contribution in [0.1, 0.15) is 37.2 Å². The number of aliphatic hydroxyl groups is 1. The molecule has 0 radical (unpaired) electrons. The summed E-state index contributed by atoms with van der Waals surface area (Å²) in [6.45, 7) is 4.21. The second-order valence-electron chi connectivity index (χ2n) is 4.83. The average molecular weight is 246 g/mol. The van der Waals surface area contributed by atoms with Gasteiger partial charge in [0.1, 0.15) is 0 Å². The second-order valence-corrected chi connectivity index (χ2v) is 4.83. The van der Waals surface area contributed by atoms with Gasteiger partial charge in [-0.25, -0.2) is 0 Å². The predicted octanol–water partition coefficient (Wildman–Crippen LogP) is 2.54. The van der Waals surface area contributed by atoms with Crippen LogP contribution >= 0.6 is 0 Å². The third-order valence-electron chi connectivity index (χ3n) is 2.65. The zero-order chi connectivity index (χ0) is 13.0. The fourth-order valence-corrected chi connectivity index (χ4v) is 1.78. The van der Waals surface area contributed by atoms with Gasteiger partial charge in [0.05, 0.1) is 12.5 Å². The second kappa shape index (κ2) is 5.78. The summed E-state index contributed by atoms with van der Waals surface area (Å²) < 4.78 is 5.14. The van der Waals surface area contributed by atoms with Crippen molar-refractivity contribution in [2.45, 2.75) is 32.8 Å². The van der Waals surface area contributed by atoms with Gasteiger partial charge in [0.2, 0.25) is 5.89 Å². The molecule has 2 rings (SSSR count). The molecule has 4 heteroatoms. The number of hydrogen-bond acceptors (Lipinski definition) is 4. The van der Waals surface area contributed by atoms with Gasteiger partial charge in [0.25, 0.3) is 0 Å². The van der Waals surface area contributed by atoms with E-state index in [9.17, 15) is 5.11 Å². The Labute approximate surface area is 107 Å². The predicted molar refractivity (Wildman–Crippen MR) is 67.9 cm³/mol. The summed E-state index contributed by atoms with van der Waals surface area (Å²) in [6.07, 6.45) is 0.554. The summed E-state index contributed by atoms with van der Waals surface area (Å²) in [5.41, 5.74) is 0.862. The van der Waals surface area contributed by atoms with Gasteiger partial charge in [-0.1, -0.05) is 49.3 Å². The minimum atomic E-state index is -0.599. The lowest BCUT2D eigenvalue weighted by Crippen LogP contribution is -2.02. The normalized spacial score (nSPS) is 12.9. The Morgan fingerprint density at radius 3 is 2.56 bits per heavy atom. The van der Waals surface area contributed by atoms with Gasteiger partial charge in [-0.3, -0.25) is 0 Å². The van der Waals surface area contributed by atoms with Gasteiger partial charge < -0.3 is 9.63 Å². The van der Waals surface area contributed by atoms with Gasteiger partial charge in [-0.2, -0.15) is 4.98 Å². The monoisotopic (exact) mass is 246 g/mol. The Balaban J connectivity index is 1.99. The molecule has 0 fully saturated rings. The number of benzene rings is 1. The smallest absolute Gasteiger partial charge is 0.229 e. The van der Waals surface area contributed by atoms with E-state index in [-0.39, 0.29) is 0 Å². The molecule has 18 heavy (non-hydrogen) atoms. The number of aromatic nitrogens is 2. The molecule has 0 aliphatic carbocycles. The molecule has 0 aliphatic heterocycles. The quantitative estimate of drug-likeness (QED) is 0.880. The third-order valence-corrected chi connectivity index (χ3v) is 2.65. The fourth-order valence-electron chi connectivity index (χ4n) is 1.78. The van der Waals surface area contributed by atoms with Crippen molar-refractivity contribution in [1.29, 1.82) is 0 Å². The Bertz CT molecular complexity index is 480. The first-order valence-corrected chi connectivity index (χ1v) is 6.19. The van der Waals surface area contributed by atoms with E-state index < -0.39 is 6.10 Å². The lowest BCUT2D eigenvalue weighted by atomic mass is 10.1. The standard InChI is InChI=1S/C14H18N2O2/c1-10(2)8-13-15-14(18-16-13)9-12(17)11-6-4-3-5-7-11/h3-7,10,12,17H,8-9H2,1-2H3. The molecular weight excluding hydrogens is 228 g/mol. The maximum Gasteiger partial charge on any atom is 0.229 e. The zero-order valence-corrected chi connectivity index (χ0v) is 10.7. The molecule has 1 heterocycles. The SMILES string of the molecule is CC(C)Cc1noc(CC(O)c2ccccc2)n1. The van der Waals surface area contributed by atoms with Crippen molar-refractivity contribution in [2.24, 2.45) is 5.92 Å². The molecule has 0 amide bonds. The zero-order valence-electron chi connectivity index (χ0n) is 10.7. The van der Waals surface area contributed by atoms with Crippen molar-refractivity contribution in [3.05, 3.63) is 47.6 Å². The summed E-state index contributed by atoms with van der Waals surface area (Å²) in [5.74, 6) is 1.69. The van der Waals surface area contributed by atoms with Crippen LogP contribution in [0.15, 0.2) is 34.9 Å². The largest absolute Gasteiger partial charge is 0.388 e. The van der Waals surface area contributed by atoms with E-state index >= 15 is 0 Å². The molecule has 0 aliphatic rings. The first kappa shape index (κ1) is 12.8. The number of rotatable bonds is 5. The van der Waals surface area contributed by atoms with Crippen molar-refractivity contribution in [1.82, 2.24) is 10.1 Å². The van der Waals surface area contributed by atoms with E-state index in [1.807, 2.05) is 30.3 Å². The lowest BCUT2D eigenvalue weighted by Gasteiger charge is -2.07. The van der Waals surface area contributed by atoms with Crippen LogP contribution in [-0.2, 0) is 12.8 Å². The van der Waals surface area contributed by atoms with Crippen LogP contribution in [-0.4, -0.2) is 15.2 Å². The first-order chi connectivity index (χ1) is 8.65. The Kier molecular flexibility index (Phi) is 4.10. The van der Waals surface area contributed by atoms with Gasteiger partial charge in [0.15, 0.2) is 5.82 Å². The maximum absolute atomic E-state index is 10.0. The van der Waals surface area contributed by atoms with E-state index in [0.717, 1.165) is 12.0 Å². The first-order valence-electron chi connectivity index (χ1n) is 6.19. The van der Waals surface area contributed by atoms with Crippen LogP contribution in [0, 0.1) is 5.92 Å². The maximum atomic E-state index is 10.0. The fraction of sp³-hybridized carbons (Fsp3) is 0.429. The molecule has 1 atom stereocenters. The van der Waals surface area contributed by atoms with Gasteiger partial charge in [-0.05, 0) is 11.5 Å². The molecule has 0 saturated carbocycles. The van der Waals surface area contributed by atoms with Crippen LogP contribution < -0.4 is 0 Å². The van der Waals surface area contributed by atoms with E-state index in [4.69, 9.17) is 4.52 Å². The molecule has 0 spiro atoms. The van der Waals surface area contributed by atoms with Crippen LogP contribution in [0.3, 0.4) is 0 Å². The highest BCUT2D eigenvalue weighted by molar-refractivity contribution is 5.18. The number of hydrogen-bond donors (Lipinski definition) is 1. The Morgan fingerprint density at radius 2 is 1.89 bits per heavy atom. The van der Waals surface area contributed by atoms with Gasteiger partial charge in [-0.15, -0.1) is 0 Å². The summed E-state index contributed by atoms with van der Waals surface area (Å²) in [7, 11) is 0. The van der Waals surface area contributed by atoms with Crippen LogP contribution in [0.4, 0.5) is 0 Å². The van der Waals surface area contributed by atoms with E-state index in [2.05, 4.69) is 24.0 Å². The van der Waals surface area contributed by atoms with Crippen molar-refractivity contribution in [3.8, 4) is 0 Å². The summed E-state index contributed by atoms with van der Waals surface area (Å²) >= 11 is 0. The van der Waals surface area contributed by atoms with E-state index in [1.54, 1.807) is 0 Å². The molecular formula is C14H18N2O2. The highest BCUT2D eigenvalue weighted by Crippen LogP contribution is 2.17. The molecule has 0 saturated heterocycles. The van der Waals surface area contributed by atoms with Crippen LogP contribution in [0.25, 0.3) is 0 Å². The molecule has 0 bridgehead atoms. The summed E-state index contributed by atoms with van der Waals surface area (Å²) in [4.78, 5) is 4.28.